The summed E-state index contributed by atoms with van der Waals surface area (Å²) in [6.45, 7) is 2.10. The normalized spacial score (nSPS) is 12.2. The van der Waals surface area contributed by atoms with Crippen molar-refractivity contribution in [1.29, 1.82) is 0 Å². The largest absolute Gasteiger partial charge is 0.493 e. The van der Waals surface area contributed by atoms with Crippen molar-refractivity contribution in [2.45, 2.75) is 32.6 Å². The lowest BCUT2D eigenvalue weighted by Crippen LogP contribution is -2.33. The summed E-state index contributed by atoms with van der Waals surface area (Å²) in [4.78, 5) is 26.5. The van der Waals surface area contributed by atoms with E-state index in [2.05, 4.69) is 15.9 Å². The molecule has 1 aromatic carbocycles. The minimum absolute atomic E-state index is 0.0885. The average Bonchev–Trinajstić information content (AvgIpc) is 2.79. The molecule has 0 saturated heterocycles. The first-order chi connectivity index (χ1) is 14.9. The second-order valence-corrected chi connectivity index (χ2v) is 9.23. The Morgan fingerprint density at radius 3 is 2.42 bits per heavy atom. The standard InChI is InChI=1S/C22H32BrNO6S/c1-5-31(27)16-21(25)24(15-18(22(26)30-4)8-6-7-12-23)13-11-17-9-10-19(28-2)20(14-17)29-3/h9-10,14-15H,5-8,11-13,16H2,1-4H3/b18-15-. The number of benzene rings is 1. The Bertz CT molecular complexity index is 783. The van der Waals surface area contributed by atoms with Gasteiger partial charge in [0.15, 0.2) is 11.5 Å². The number of hydrogen-bond donors (Lipinski definition) is 0. The third-order valence-electron chi connectivity index (χ3n) is 4.61. The summed E-state index contributed by atoms with van der Waals surface area (Å²) in [5, 5.41) is 0.832. The van der Waals surface area contributed by atoms with E-state index < -0.39 is 16.8 Å². The van der Waals surface area contributed by atoms with Crippen molar-refractivity contribution >= 4 is 38.6 Å². The maximum atomic E-state index is 12.8. The number of esters is 1. The Hall–Kier alpha value is -1.87. The summed E-state index contributed by atoms with van der Waals surface area (Å²) in [5.41, 5.74) is 1.37. The van der Waals surface area contributed by atoms with Gasteiger partial charge in [-0.15, -0.1) is 0 Å². The molecule has 1 atom stereocenters. The fourth-order valence-electron chi connectivity index (χ4n) is 2.82. The van der Waals surface area contributed by atoms with Crippen molar-refractivity contribution in [3.05, 3.63) is 35.5 Å². The van der Waals surface area contributed by atoms with Crippen LogP contribution in [0.3, 0.4) is 0 Å². The molecule has 0 aromatic heterocycles. The maximum absolute atomic E-state index is 12.8. The quantitative estimate of drug-likeness (QED) is 0.162. The summed E-state index contributed by atoms with van der Waals surface area (Å²) >= 11 is 3.38. The molecule has 0 fully saturated rings. The van der Waals surface area contributed by atoms with E-state index in [1.54, 1.807) is 27.3 Å². The molecule has 9 heteroatoms. The fourth-order valence-corrected chi connectivity index (χ4v) is 3.86. The molecule has 1 unspecified atom stereocenters. The predicted molar refractivity (Wildman–Crippen MR) is 126 cm³/mol. The third-order valence-corrected chi connectivity index (χ3v) is 6.38. The molecule has 7 nitrogen and oxygen atoms in total. The van der Waals surface area contributed by atoms with Crippen LogP contribution in [0.5, 0.6) is 11.5 Å². The molecule has 0 aliphatic carbocycles. The van der Waals surface area contributed by atoms with Crippen molar-refractivity contribution in [3.63, 3.8) is 0 Å². The van der Waals surface area contributed by atoms with E-state index in [0.29, 0.717) is 42.2 Å². The van der Waals surface area contributed by atoms with Gasteiger partial charge in [0.2, 0.25) is 5.91 Å². The number of amides is 1. The number of halogens is 1. The highest BCUT2D eigenvalue weighted by Gasteiger charge is 2.18. The van der Waals surface area contributed by atoms with Crippen LogP contribution in [0.4, 0.5) is 0 Å². The molecule has 1 rings (SSSR count). The van der Waals surface area contributed by atoms with Crippen LogP contribution in [-0.4, -0.2) is 65.7 Å². The topological polar surface area (TPSA) is 82.1 Å². The lowest BCUT2D eigenvalue weighted by Gasteiger charge is -2.20. The molecule has 0 bridgehead atoms. The van der Waals surface area contributed by atoms with Crippen molar-refractivity contribution in [2.24, 2.45) is 0 Å². The van der Waals surface area contributed by atoms with Crippen molar-refractivity contribution in [1.82, 2.24) is 4.90 Å². The predicted octanol–water partition coefficient (Wildman–Crippen LogP) is 3.47. The Balaban J connectivity index is 3.10. The summed E-state index contributed by atoms with van der Waals surface area (Å²) in [5.74, 6) is 0.781. The highest BCUT2D eigenvalue weighted by molar-refractivity contribution is 9.09. The van der Waals surface area contributed by atoms with Gasteiger partial charge in [0.05, 0.1) is 26.9 Å². The van der Waals surface area contributed by atoms with Gasteiger partial charge < -0.3 is 19.1 Å². The smallest absolute Gasteiger partial charge is 0.335 e. The van der Waals surface area contributed by atoms with E-state index in [0.717, 1.165) is 23.7 Å². The zero-order valence-corrected chi connectivity index (χ0v) is 21.1. The van der Waals surface area contributed by atoms with Crippen LogP contribution >= 0.6 is 15.9 Å². The molecule has 0 aliphatic heterocycles. The van der Waals surface area contributed by atoms with Crippen LogP contribution < -0.4 is 9.47 Å². The maximum Gasteiger partial charge on any atom is 0.335 e. The molecule has 0 saturated carbocycles. The van der Waals surface area contributed by atoms with Crippen molar-refractivity contribution in [3.8, 4) is 11.5 Å². The Morgan fingerprint density at radius 1 is 1.13 bits per heavy atom. The van der Waals surface area contributed by atoms with Gasteiger partial charge in [0.1, 0.15) is 5.75 Å². The van der Waals surface area contributed by atoms with Gasteiger partial charge >= 0.3 is 5.97 Å². The van der Waals surface area contributed by atoms with Crippen LogP contribution in [0.15, 0.2) is 30.0 Å². The van der Waals surface area contributed by atoms with Crippen LogP contribution in [0.1, 0.15) is 31.7 Å². The Labute approximate surface area is 195 Å². The Kier molecular flexibility index (Phi) is 13.2. The molecule has 0 aliphatic rings. The van der Waals surface area contributed by atoms with E-state index in [-0.39, 0.29) is 11.7 Å². The number of alkyl halides is 1. The van der Waals surface area contributed by atoms with E-state index in [4.69, 9.17) is 14.2 Å². The van der Waals surface area contributed by atoms with Gasteiger partial charge in [-0.05, 0) is 43.4 Å². The van der Waals surface area contributed by atoms with Crippen LogP contribution in [0.2, 0.25) is 0 Å². The number of rotatable bonds is 14. The summed E-state index contributed by atoms with van der Waals surface area (Å²) < 4.78 is 27.5. The minimum Gasteiger partial charge on any atom is -0.493 e. The number of hydrogen-bond acceptors (Lipinski definition) is 6. The molecular weight excluding hydrogens is 486 g/mol. The molecule has 1 amide bonds. The zero-order valence-electron chi connectivity index (χ0n) is 18.6. The van der Waals surface area contributed by atoms with E-state index >= 15 is 0 Å². The van der Waals surface area contributed by atoms with Crippen molar-refractivity contribution < 1.29 is 28.0 Å². The van der Waals surface area contributed by atoms with Gasteiger partial charge in [-0.25, -0.2) is 4.79 Å². The van der Waals surface area contributed by atoms with Crippen LogP contribution in [0.25, 0.3) is 0 Å². The lowest BCUT2D eigenvalue weighted by molar-refractivity contribution is -0.136. The van der Waals surface area contributed by atoms with Gasteiger partial charge in [0, 0.05) is 34.6 Å². The highest BCUT2D eigenvalue weighted by Crippen LogP contribution is 2.27. The van der Waals surface area contributed by atoms with Gasteiger partial charge in [-0.3, -0.25) is 9.00 Å². The van der Waals surface area contributed by atoms with Gasteiger partial charge in [0.25, 0.3) is 0 Å². The summed E-state index contributed by atoms with van der Waals surface area (Å²) in [6, 6.07) is 5.56. The SMILES string of the molecule is CCS(=O)CC(=O)N(/C=C(/CCCCBr)C(=O)OC)CCc1ccc(OC)c(OC)c1. The highest BCUT2D eigenvalue weighted by atomic mass is 79.9. The number of carbonyl (C=O) groups excluding carboxylic acids is 2. The first-order valence-electron chi connectivity index (χ1n) is 10.1. The van der Waals surface area contributed by atoms with Crippen molar-refractivity contribution in [2.75, 3.05) is 44.7 Å². The summed E-state index contributed by atoms with van der Waals surface area (Å²) in [7, 11) is 3.21. The molecule has 0 heterocycles. The molecule has 0 spiro atoms. The van der Waals surface area contributed by atoms with Crippen LogP contribution in [0, 0.1) is 0 Å². The van der Waals surface area contributed by atoms with Gasteiger partial charge in [-0.2, -0.15) is 0 Å². The number of unbranched alkanes of at least 4 members (excludes halogenated alkanes) is 1. The molecule has 0 N–H and O–H groups in total. The fraction of sp³-hybridized carbons (Fsp3) is 0.545. The average molecular weight is 518 g/mol. The Morgan fingerprint density at radius 2 is 1.84 bits per heavy atom. The number of nitrogens with zero attached hydrogens (tertiary/aromatic N) is 1. The monoisotopic (exact) mass is 517 g/mol. The lowest BCUT2D eigenvalue weighted by atomic mass is 10.1. The van der Waals surface area contributed by atoms with E-state index in [1.165, 1.54) is 12.0 Å². The summed E-state index contributed by atoms with van der Waals surface area (Å²) in [6.07, 6.45) is 4.25. The molecule has 0 radical (unpaired) electrons. The first-order valence-corrected chi connectivity index (χ1v) is 12.7. The second kappa shape index (κ2) is 15.0. The molecule has 174 valence electrons. The number of ether oxygens (including phenoxy) is 3. The number of carbonyl (C=O) groups is 2. The first kappa shape index (κ1) is 27.2. The molecule has 31 heavy (non-hydrogen) atoms. The van der Waals surface area contributed by atoms with E-state index in [9.17, 15) is 13.8 Å². The minimum atomic E-state index is -1.25. The van der Waals surface area contributed by atoms with E-state index in [1.807, 2.05) is 18.2 Å². The zero-order chi connectivity index (χ0) is 23.2. The van der Waals surface area contributed by atoms with Crippen LogP contribution in [-0.2, 0) is 31.5 Å². The molecule has 1 aromatic rings. The van der Waals surface area contributed by atoms with Gasteiger partial charge in [-0.1, -0.05) is 28.9 Å². The molecular formula is C22H32BrNO6S. The third kappa shape index (κ3) is 9.43. The number of methoxy groups -OCH3 is 3. The second-order valence-electron chi connectivity index (χ2n) is 6.69.